The van der Waals surface area contributed by atoms with Gasteiger partial charge < -0.3 is 13.9 Å². The molecule has 0 saturated heterocycles. The molecule has 74 valence electrons. The quantitative estimate of drug-likeness (QED) is 0.706. The lowest BCUT2D eigenvalue weighted by Gasteiger charge is -2.11. The summed E-state index contributed by atoms with van der Waals surface area (Å²) in [5, 5.41) is 0. The fraction of sp³-hybridized carbons (Fsp3) is 0.667. The summed E-state index contributed by atoms with van der Waals surface area (Å²) >= 11 is 0. The van der Waals surface area contributed by atoms with Gasteiger partial charge in [0.2, 0.25) is 5.89 Å². The van der Waals surface area contributed by atoms with Crippen molar-refractivity contribution < 1.29 is 13.9 Å². The second-order valence-electron chi connectivity index (χ2n) is 3.77. The van der Waals surface area contributed by atoms with Crippen LogP contribution in [0.1, 0.15) is 26.7 Å². The highest BCUT2D eigenvalue weighted by atomic mass is 16.6. The zero-order chi connectivity index (χ0) is 10.1. The molecule has 13 heavy (non-hydrogen) atoms. The van der Waals surface area contributed by atoms with E-state index in [1.165, 1.54) is 14.2 Å². The van der Waals surface area contributed by atoms with Crippen LogP contribution in [-0.2, 0) is 5.41 Å². The Hall–Kier alpha value is -1.19. The first-order chi connectivity index (χ1) is 5.99. The highest BCUT2D eigenvalue weighted by Crippen LogP contribution is 2.32. The molecule has 0 aliphatic carbocycles. The van der Waals surface area contributed by atoms with E-state index in [-0.39, 0.29) is 5.41 Å². The van der Waals surface area contributed by atoms with Crippen LogP contribution in [0.3, 0.4) is 0 Å². The molecule has 0 saturated carbocycles. The monoisotopic (exact) mass is 185 g/mol. The summed E-state index contributed by atoms with van der Waals surface area (Å²) in [6.45, 7) is 6.03. The smallest absolute Gasteiger partial charge is 0.351 e. The van der Waals surface area contributed by atoms with E-state index in [1.54, 1.807) is 0 Å². The van der Waals surface area contributed by atoms with Crippen LogP contribution >= 0.6 is 0 Å². The summed E-state index contributed by atoms with van der Waals surface area (Å²) in [5.74, 6) is 1.33. The number of ether oxygens (including phenoxy) is 2. The predicted molar refractivity (Wildman–Crippen MR) is 48.3 cm³/mol. The highest BCUT2D eigenvalue weighted by molar-refractivity contribution is 5.24. The zero-order valence-electron chi connectivity index (χ0n) is 8.67. The first-order valence-corrected chi connectivity index (χ1v) is 4.08. The second-order valence-corrected chi connectivity index (χ2v) is 3.77. The summed E-state index contributed by atoms with van der Waals surface area (Å²) in [4.78, 5) is 4.16. The Morgan fingerprint density at radius 2 is 1.77 bits per heavy atom. The average molecular weight is 185 g/mol. The lowest BCUT2D eigenvalue weighted by Crippen LogP contribution is -2.11. The Labute approximate surface area is 77.9 Å². The van der Waals surface area contributed by atoms with Crippen molar-refractivity contribution in [2.24, 2.45) is 0 Å². The molecule has 0 N–H and O–H groups in total. The molecular formula is C9H15NO3. The Bertz CT molecular complexity index is 264. The van der Waals surface area contributed by atoms with Crippen LogP contribution in [0.25, 0.3) is 0 Å². The van der Waals surface area contributed by atoms with Crippen LogP contribution < -0.4 is 9.47 Å². The molecule has 1 aromatic rings. The molecule has 1 heterocycles. The molecule has 0 fully saturated rings. The van der Waals surface area contributed by atoms with E-state index in [1.807, 2.05) is 20.8 Å². The number of hydrogen-bond acceptors (Lipinski definition) is 4. The fourth-order valence-electron chi connectivity index (χ4n) is 0.871. The molecule has 0 amide bonds. The third kappa shape index (κ3) is 1.94. The minimum atomic E-state index is -0.135. The molecule has 0 aliphatic heterocycles. The van der Waals surface area contributed by atoms with Crippen LogP contribution in [0.15, 0.2) is 4.42 Å². The van der Waals surface area contributed by atoms with Crippen molar-refractivity contribution in [2.45, 2.75) is 26.2 Å². The van der Waals surface area contributed by atoms with E-state index < -0.39 is 0 Å². The van der Waals surface area contributed by atoms with E-state index in [2.05, 4.69) is 4.98 Å². The van der Waals surface area contributed by atoms with E-state index in [0.29, 0.717) is 17.7 Å². The number of nitrogens with zero attached hydrogens (tertiary/aromatic N) is 1. The lowest BCUT2D eigenvalue weighted by molar-refractivity contribution is 0.260. The van der Waals surface area contributed by atoms with E-state index in [9.17, 15) is 0 Å². The van der Waals surface area contributed by atoms with Crippen molar-refractivity contribution in [1.29, 1.82) is 0 Å². The Kier molecular flexibility index (Phi) is 2.50. The van der Waals surface area contributed by atoms with Gasteiger partial charge in [0.25, 0.3) is 0 Å². The van der Waals surface area contributed by atoms with Gasteiger partial charge in [0.05, 0.1) is 14.2 Å². The van der Waals surface area contributed by atoms with Gasteiger partial charge in [-0.3, -0.25) is 0 Å². The number of aromatic nitrogens is 1. The SMILES string of the molecule is COc1nc(C(C)(C)C)oc1OC. The zero-order valence-corrected chi connectivity index (χ0v) is 8.67. The number of hydrogen-bond donors (Lipinski definition) is 0. The van der Waals surface area contributed by atoms with Gasteiger partial charge in [-0.05, 0) is 0 Å². The van der Waals surface area contributed by atoms with Crippen LogP contribution in [0.4, 0.5) is 0 Å². The molecular weight excluding hydrogens is 170 g/mol. The number of oxazole rings is 1. The summed E-state index contributed by atoms with van der Waals surface area (Å²) in [6, 6.07) is 0. The summed E-state index contributed by atoms with van der Waals surface area (Å²) in [7, 11) is 3.06. The normalized spacial score (nSPS) is 11.5. The maximum Gasteiger partial charge on any atom is 0.351 e. The van der Waals surface area contributed by atoms with Crippen LogP contribution in [0.5, 0.6) is 11.8 Å². The summed E-state index contributed by atoms with van der Waals surface area (Å²) in [5.41, 5.74) is -0.135. The second kappa shape index (κ2) is 3.28. The molecule has 1 rings (SSSR count). The van der Waals surface area contributed by atoms with Gasteiger partial charge in [0.15, 0.2) is 0 Å². The molecule has 0 bridgehead atoms. The number of methoxy groups -OCH3 is 2. The Balaban J connectivity index is 3.07. The molecule has 1 aromatic heterocycles. The molecule has 4 nitrogen and oxygen atoms in total. The molecule has 0 spiro atoms. The standard InChI is InChI=1S/C9H15NO3/c1-9(2,3)8-10-6(11-4)7(12-5)13-8/h1-5H3. The topological polar surface area (TPSA) is 44.5 Å². The predicted octanol–water partition coefficient (Wildman–Crippen LogP) is 1.99. The van der Waals surface area contributed by atoms with Gasteiger partial charge in [-0.1, -0.05) is 20.8 Å². The minimum Gasteiger partial charge on any atom is -0.476 e. The van der Waals surface area contributed by atoms with E-state index >= 15 is 0 Å². The lowest BCUT2D eigenvalue weighted by atomic mass is 9.97. The first kappa shape index (κ1) is 9.89. The van der Waals surface area contributed by atoms with Gasteiger partial charge in [-0.15, -0.1) is 0 Å². The van der Waals surface area contributed by atoms with Crippen molar-refractivity contribution >= 4 is 0 Å². The number of rotatable bonds is 2. The molecule has 0 radical (unpaired) electrons. The largest absolute Gasteiger partial charge is 0.476 e. The molecule has 0 aliphatic rings. The van der Waals surface area contributed by atoms with Gasteiger partial charge in [0, 0.05) is 5.41 Å². The molecule has 4 heteroatoms. The third-order valence-electron chi connectivity index (χ3n) is 1.59. The van der Waals surface area contributed by atoms with E-state index in [0.717, 1.165) is 0 Å². The Morgan fingerprint density at radius 1 is 1.15 bits per heavy atom. The van der Waals surface area contributed by atoms with Gasteiger partial charge in [-0.2, -0.15) is 4.98 Å². The van der Waals surface area contributed by atoms with Crippen LogP contribution in [0, 0.1) is 0 Å². The summed E-state index contributed by atoms with van der Waals surface area (Å²) in [6.07, 6.45) is 0. The van der Waals surface area contributed by atoms with Gasteiger partial charge >= 0.3 is 11.8 Å². The van der Waals surface area contributed by atoms with Crippen molar-refractivity contribution in [3.05, 3.63) is 5.89 Å². The maximum atomic E-state index is 5.36. The molecule has 0 unspecified atom stereocenters. The molecule has 0 aromatic carbocycles. The van der Waals surface area contributed by atoms with Gasteiger partial charge in [-0.25, -0.2) is 0 Å². The van der Waals surface area contributed by atoms with Crippen LogP contribution in [0.2, 0.25) is 0 Å². The van der Waals surface area contributed by atoms with Crippen molar-refractivity contribution in [3.63, 3.8) is 0 Å². The average Bonchev–Trinajstić information content (AvgIpc) is 2.45. The Morgan fingerprint density at radius 3 is 2.08 bits per heavy atom. The molecule has 0 atom stereocenters. The maximum absolute atomic E-state index is 5.36. The fourth-order valence-corrected chi connectivity index (χ4v) is 0.871. The van der Waals surface area contributed by atoms with Crippen LogP contribution in [-0.4, -0.2) is 19.2 Å². The third-order valence-corrected chi connectivity index (χ3v) is 1.59. The highest BCUT2D eigenvalue weighted by Gasteiger charge is 2.24. The van der Waals surface area contributed by atoms with Gasteiger partial charge in [0.1, 0.15) is 0 Å². The van der Waals surface area contributed by atoms with Crippen molar-refractivity contribution in [3.8, 4) is 11.8 Å². The van der Waals surface area contributed by atoms with Crippen molar-refractivity contribution in [1.82, 2.24) is 4.98 Å². The van der Waals surface area contributed by atoms with Crippen molar-refractivity contribution in [2.75, 3.05) is 14.2 Å². The first-order valence-electron chi connectivity index (χ1n) is 4.08. The summed E-state index contributed by atoms with van der Waals surface area (Å²) < 4.78 is 15.3. The minimum absolute atomic E-state index is 0.135. The van der Waals surface area contributed by atoms with E-state index in [4.69, 9.17) is 13.9 Å².